The Morgan fingerprint density at radius 3 is 2.55 bits per heavy atom. The van der Waals surface area contributed by atoms with E-state index in [1.165, 1.54) is 0 Å². The molecule has 1 aliphatic heterocycles. The summed E-state index contributed by atoms with van der Waals surface area (Å²) in [6.45, 7) is 5.71. The van der Waals surface area contributed by atoms with Crippen LogP contribution in [0.25, 0.3) is 16.9 Å². The number of carboxylic acid groups (broad SMARTS) is 1. The maximum absolute atomic E-state index is 10.8. The molecular formula is C22H22ClN4NaO3. The molecule has 0 N–H and O–H groups in total. The standard InChI is InChI=1S/C22H23ClN4O3.Na/c1-14(2)30-21-8-5-16(9-19(21)23)20-13-27(25-24-20)18-6-3-15(4-7-18)10-26-11-17(12-26)22(28)29;/h3-9,13-14,17H,10-12H2,1-2H3,(H,28,29);/q;+1/p-1. The Bertz CT molecular complexity index is 1050. The van der Waals surface area contributed by atoms with E-state index in [1.54, 1.807) is 4.68 Å². The fourth-order valence-electron chi connectivity index (χ4n) is 3.39. The molecule has 0 radical (unpaired) electrons. The molecule has 0 atom stereocenters. The van der Waals surface area contributed by atoms with Crippen molar-refractivity contribution in [3.05, 3.63) is 59.2 Å². The molecule has 0 amide bonds. The predicted octanol–water partition coefficient (Wildman–Crippen LogP) is -0.439. The number of aliphatic carboxylic acids is 1. The zero-order valence-electron chi connectivity index (χ0n) is 17.8. The van der Waals surface area contributed by atoms with Crippen molar-refractivity contribution in [2.24, 2.45) is 5.92 Å². The molecule has 7 nitrogen and oxygen atoms in total. The van der Waals surface area contributed by atoms with Crippen molar-refractivity contribution in [3.8, 4) is 22.7 Å². The summed E-state index contributed by atoms with van der Waals surface area (Å²) in [5, 5.41) is 19.8. The number of carbonyl (C=O) groups excluding carboxylic acids is 1. The fraction of sp³-hybridized carbons (Fsp3) is 0.318. The number of ether oxygens (including phenoxy) is 1. The molecule has 3 aromatic rings. The largest absolute Gasteiger partial charge is 1.00 e. The third-order valence-corrected chi connectivity index (χ3v) is 5.28. The first kappa shape index (κ1) is 23.8. The van der Waals surface area contributed by atoms with Crippen LogP contribution in [0.4, 0.5) is 0 Å². The van der Waals surface area contributed by atoms with E-state index in [1.807, 2.05) is 62.5 Å². The minimum absolute atomic E-state index is 0. The van der Waals surface area contributed by atoms with Crippen LogP contribution in [0.5, 0.6) is 5.75 Å². The van der Waals surface area contributed by atoms with Crippen LogP contribution in [0.3, 0.4) is 0 Å². The number of likely N-dealkylation sites (tertiary alicyclic amines) is 1. The van der Waals surface area contributed by atoms with Crippen molar-refractivity contribution < 1.29 is 44.2 Å². The van der Waals surface area contributed by atoms with Crippen LogP contribution < -0.4 is 39.4 Å². The van der Waals surface area contributed by atoms with Gasteiger partial charge in [-0.2, -0.15) is 0 Å². The summed E-state index contributed by atoms with van der Waals surface area (Å²) >= 11 is 6.33. The van der Waals surface area contributed by atoms with Gasteiger partial charge in [0.15, 0.2) is 0 Å². The number of carbonyl (C=O) groups is 1. The molecule has 2 aromatic carbocycles. The molecule has 1 aromatic heterocycles. The minimum atomic E-state index is -0.966. The number of rotatable bonds is 7. The van der Waals surface area contributed by atoms with E-state index in [9.17, 15) is 9.90 Å². The van der Waals surface area contributed by atoms with Crippen LogP contribution in [0.15, 0.2) is 48.7 Å². The van der Waals surface area contributed by atoms with E-state index in [0.29, 0.717) is 29.6 Å². The number of hydrogen-bond acceptors (Lipinski definition) is 6. The Morgan fingerprint density at radius 2 is 1.94 bits per heavy atom. The van der Waals surface area contributed by atoms with Gasteiger partial charge < -0.3 is 14.6 Å². The van der Waals surface area contributed by atoms with E-state index in [2.05, 4.69) is 15.2 Å². The molecule has 31 heavy (non-hydrogen) atoms. The summed E-state index contributed by atoms with van der Waals surface area (Å²) in [4.78, 5) is 12.9. The van der Waals surface area contributed by atoms with Crippen LogP contribution >= 0.6 is 11.6 Å². The second-order valence-electron chi connectivity index (χ2n) is 7.74. The normalized spacial score (nSPS) is 14.2. The summed E-state index contributed by atoms with van der Waals surface area (Å²) in [6, 6.07) is 13.5. The third-order valence-electron chi connectivity index (χ3n) is 4.98. The molecule has 0 bridgehead atoms. The van der Waals surface area contributed by atoms with E-state index in [0.717, 1.165) is 23.4 Å². The van der Waals surface area contributed by atoms with Crippen LogP contribution in [0, 0.1) is 5.92 Å². The fourth-order valence-corrected chi connectivity index (χ4v) is 3.62. The number of halogens is 1. The number of carboxylic acids is 1. The summed E-state index contributed by atoms with van der Waals surface area (Å²) < 4.78 is 7.38. The molecule has 0 aliphatic carbocycles. The molecule has 0 unspecified atom stereocenters. The van der Waals surface area contributed by atoms with Crippen molar-refractivity contribution in [2.75, 3.05) is 13.1 Å². The average molecular weight is 449 g/mol. The molecule has 0 spiro atoms. The first-order valence-corrected chi connectivity index (χ1v) is 10.2. The van der Waals surface area contributed by atoms with Gasteiger partial charge in [-0.15, -0.1) is 5.10 Å². The van der Waals surface area contributed by atoms with Crippen LogP contribution in [0.1, 0.15) is 19.4 Å². The maximum atomic E-state index is 10.8. The van der Waals surface area contributed by atoms with Gasteiger partial charge in [0.2, 0.25) is 0 Å². The molecule has 4 rings (SSSR count). The van der Waals surface area contributed by atoms with Crippen molar-refractivity contribution in [2.45, 2.75) is 26.5 Å². The van der Waals surface area contributed by atoms with Gasteiger partial charge in [-0.05, 0) is 49.7 Å². The molecule has 9 heteroatoms. The average Bonchev–Trinajstić information content (AvgIpc) is 3.16. The zero-order valence-corrected chi connectivity index (χ0v) is 20.5. The monoisotopic (exact) mass is 448 g/mol. The van der Waals surface area contributed by atoms with Gasteiger partial charge in [0.25, 0.3) is 0 Å². The van der Waals surface area contributed by atoms with Gasteiger partial charge in [0.1, 0.15) is 11.4 Å². The Labute approximate surface area is 208 Å². The molecule has 2 heterocycles. The smallest absolute Gasteiger partial charge is 0.550 e. The number of benzene rings is 2. The molecule has 1 aliphatic rings. The minimum Gasteiger partial charge on any atom is -0.550 e. The van der Waals surface area contributed by atoms with Crippen molar-refractivity contribution >= 4 is 17.6 Å². The van der Waals surface area contributed by atoms with E-state index in [4.69, 9.17) is 16.3 Å². The molecule has 156 valence electrons. The van der Waals surface area contributed by atoms with E-state index < -0.39 is 5.97 Å². The molecule has 0 saturated carbocycles. The number of nitrogens with zero attached hydrogens (tertiary/aromatic N) is 4. The van der Waals surface area contributed by atoms with Gasteiger partial charge in [0.05, 0.1) is 23.0 Å². The summed E-state index contributed by atoms with van der Waals surface area (Å²) in [7, 11) is 0. The third kappa shape index (κ3) is 5.67. The Hall–Kier alpha value is -1.90. The predicted molar refractivity (Wildman–Crippen MR) is 111 cm³/mol. The van der Waals surface area contributed by atoms with Crippen LogP contribution in [0.2, 0.25) is 5.02 Å². The first-order chi connectivity index (χ1) is 14.4. The van der Waals surface area contributed by atoms with Crippen molar-refractivity contribution in [3.63, 3.8) is 0 Å². The topological polar surface area (TPSA) is 83.3 Å². The number of hydrogen-bond donors (Lipinski definition) is 0. The molecule has 1 fully saturated rings. The van der Waals surface area contributed by atoms with Crippen molar-refractivity contribution in [1.82, 2.24) is 19.9 Å². The van der Waals surface area contributed by atoms with E-state index >= 15 is 0 Å². The second kappa shape index (κ2) is 10.1. The maximum Gasteiger partial charge on any atom is 1.00 e. The Morgan fingerprint density at radius 1 is 1.23 bits per heavy atom. The Balaban J connectivity index is 0.00000272. The van der Waals surface area contributed by atoms with Gasteiger partial charge in [-0.25, -0.2) is 4.68 Å². The van der Waals surface area contributed by atoms with Crippen molar-refractivity contribution in [1.29, 1.82) is 0 Å². The van der Waals surface area contributed by atoms with E-state index in [-0.39, 0.29) is 41.6 Å². The SMILES string of the molecule is CC(C)Oc1ccc(-c2cn(-c3ccc(CN4CC(C(=O)[O-])C4)cc3)nn2)cc1Cl.[Na+]. The second-order valence-corrected chi connectivity index (χ2v) is 8.14. The van der Waals surface area contributed by atoms with Gasteiger partial charge in [-0.1, -0.05) is 28.9 Å². The zero-order chi connectivity index (χ0) is 21.3. The Kier molecular flexibility index (Phi) is 7.78. The van der Waals surface area contributed by atoms with Crippen LogP contribution in [-0.2, 0) is 11.3 Å². The molecule has 1 saturated heterocycles. The summed E-state index contributed by atoms with van der Waals surface area (Å²) in [5.41, 5.74) is 3.58. The quantitative estimate of drug-likeness (QED) is 0.456. The van der Waals surface area contributed by atoms with Gasteiger partial charge >= 0.3 is 29.6 Å². The number of aromatic nitrogens is 3. The first-order valence-electron chi connectivity index (χ1n) is 9.80. The molecular weight excluding hydrogens is 427 g/mol. The van der Waals surface area contributed by atoms with Gasteiger partial charge in [-0.3, -0.25) is 4.90 Å². The van der Waals surface area contributed by atoms with Gasteiger partial charge in [0, 0.05) is 37.1 Å². The summed E-state index contributed by atoms with van der Waals surface area (Å²) in [5.74, 6) is -0.671. The van der Waals surface area contributed by atoms with Crippen LogP contribution in [-0.4, -0.2) is 45.1 Å². The summed E-state index contributed by atoms with van der Waals surface area (Å²) in [6.07, 6.45) is 1.90.